The number of imidazole rings is 1. The summed E-state index contributed by atoms with van der Waals surface area (Å²) in [5, 5.41) is 0. The summed E-state index contributed by atoms with van der Waals surface area (Å²) in [6.45, 7) is 9.05. The third-order valence-corrected chi connectivity index (χ3v) is 9.52. The van der Waals surface area contributed by atoms with Gasteiger partial charge >= 0.3 is 11.9 Å². The Hall–Kier alpha value is -2.61. The molecule has 4 aliphatic rings. The van der Waals surface area contributed by atoms with Crippen molar-refractivity contribution in [2.45, 2.75) is 97.8 Å². The number of esters is 2. The SMILES string of the molecule is CC(=O)O[C@@H]1CC2=CC(NOCCCn3ccnc3)=C3[C@@H]4CCC[C@@]4(C)CC[C@@H]3[C@@]2(C)[C@H](OC(C)=O)C1. The summed E-state index contributed by atoms with van der Waals surface area (Å²) >= 11 is 0. The second-order valence-electron chi connectivity index (χ2n) is 11.9. The quantitative estimate of drug-likeness (QED) is 0.302. The van der Waals surface area contributed by atoms with Crippen molar-refractivity contribution in [3.05, 3.63) is 41.6 Å². The minimum Gasteiger partial charge on any atom is -0.462 e. The first-order chi connectivity index (χ1) is 17.7. The number of aromatic nitrogens is 2. The smallest absolute Gasteiger partial charge is 0.302 e. The summed E-state index contributed by atoms with van der Waals surface area (Å²) in [4.78, 5) is 34.2. The van der Waals surface area contributed by atoms with E-state index in [4.69, 9.17) is 14.3 Å². The molecule has 0 aliphatic heterocycles. The highest BCUT2D eigenvalue weighted by atomic mass is 16.6. The number of carbonyl (C=O) groups excluding carboxylic acids is 2. The number of fused-ring (bicyclic) bond motifs is 5. The number of nitrogens with one attached hydrogen (secondary N) is 1. The van der Waals surface area contributed by atoms with Gasteiger partial charge in [0.15, 0.2) is 0 Å². The number of hydrogen-bond acceptors (Lipinski definition) is 7. The van der Waals surface area contributed by atoms with Gasteiger partial charge in [-0.2, -0.15) is 0 Å². The molecule has 3 fully saturated rings. The van der Waals surface area contributed by atoms with E-state index in [1.807, 2.05) is 17.1 Å². The predicted octanol–water partition coefficient (Wildman–Crippen LogP) is 4.87. The Morgan fingerprint density at radius 3 is 2.68 bits per heavy atom. The van der Waals surface area contributed by atoms with E-state index in [0.717, 1.165) is 25.1 Å². The molecule has 3 saturated carbocycles. The van der Waals surface area contributed by atoms with Crippen molar-refractivity contribution in [2.75, 3.05) is 6.61 Å². The number of hydrogen-bond donors (Lipinski definition) is 1. The van der Waals surface area contributed by atoms with Gasteiger partial charge in [-0.15, -0.1) is 0 Å². The third-order valence-electron chi connectivity index (χ3n) is 9.52. The summed E-state index contributed by atoms with van der Waals surface area (Å²) in [7, 11) is 0. The van der Waals surface area contributed by atoms with E-state index >= 15 is 0 Å². The molecule has 1 heterocycles. The summed E-state index contributed by atoms with van der Waals surface area (Å²) < 4.78 is 13.7. The summed E-state index contributed by atoms with van der Waals surface area (Å²) in [6, 6.07) is 0. The van der Waals surface area contributed by atoms with Crippen LogP contribution in [-0.4, -0.2) is 40.3 Å². The Balaban J connectivity index is 1.45. The molecule has 0 radical (unpaired) electrons. The lowest BCUT2D eigenvalue weighted by Crippen LogP contribution is -2.54. The van der Waals surface area contributed by atoms with E-state index in [-0.39, 0.29) is 35.5 Å². The molecule has 0 aromatic carbocycles. The molecule has 8 nitrogen and oxygen atoms in total. The van der Waals surface area contributed by atoms with Crippen LogP contribution in [0.5, 0.6) is 0 Å². The molecular weight excluding hydrogens is 470 g/mol. The molecule has 0 spiro atoms. The lowest BCUT2D eigenvalue weighted by Gasteiger charge is -2.56. The van der Waals surface area contributed by atoms with E-state index in [0.29, 0.717) is 30.8 Å². The number of nitrogens with zero attached hydrogens (tertiary/aromatic N) is 2. The lowest BCUT2D eigenvalue weighted by molar-refractivity contribution is -0.165. The number of allylic oxidation sites excluding steroid dienone is 2. The highest BCUT2D eigenvalue weighted by molar-refractivity contribution is 5.67. The number of rotatable bonds is 8. The second-order valence-corrected chi connectivity index (χ2v) is 11.9. The van der Waals surface area contributed by atoms with E-state index in [1.165, 1.54) is 50.7 Å². The maximum absolute atomic E-state index is 12.2. The normalized spacial score (nSPS) is 34.6. The Morgan fingerprint density at radius 1 is 1.14 bits per heavy atom. The third kappa shape index (κ3) is 4.97. The molecule has 5 rings (SSSR count). The van der Waals surface area contributed by atoms with Gasteiger partial charge in [0.1, 0.15) is 12.2 Å². The van der Waals surface area contributed by atoms with Gasteiger partial charge in [0.25, 0.3) is 0 Å². The minimum atomic E-state index is -0.335. The Labute approximate surface area is 219 Å². The molecule has 37 heavy (non-hydrogen) atoms. The first-order valence-corrected chi connectivity index (χ1v) is 13.8. The van der Waals surface area contributed by atoms with Crippen molar-refractivity contribution >= 4 is 11.9 Å². The van der Waals surface area contributed by atoms with E-state index in [2.05, 4.69) is 30.4 Å². The van der Waals surface area contributed by atoms with Gasteiger partial charge in [-0.3, -0.25) is 19.9 Å². The maximum Gasteiger partial charge on any atom is 0.302 e. The van der Waals surface area contributed by atoms with Crippen LogP contribution in [-0.2, 0) is 30.4 Å². The molecule has 1 aromatic heterocycles. The van der Waals surface area contributed by atoms with Crippen LogP contribution in [0.3, 0.4) is 0 Å². The Bertz CT molecular complexity index is 1080. The Kier molecular flexibility index (Phi) is 7.22. The lowest BCUT2D eigenvalue weighted by atomic mass is 9.50. The molecule has 6 atom stereocenters. The average Bonchev–Trinajstić information content (AvgIpc) is 3.48. The van der Waals surface area contributed by atoms with Crippen LogP contribution < -0.4 is 5.48 Å². The highest BCUT2D eigenvalue weighted by Gasteiger charge is 2.59. The summed E-state index contributed by atoms with van der Waals surface area (Å²) in [5.41, 5.74) is 7.00. The molecule has 1 N–H and O–H groups in total. The zero-order valence-electron chi connectivity index (χ0n) is 22.6. The summed E-state index contributed by atoms with van der Waals surface area (Å²) in [5.74, 6) is 0.151. The van der Waals surface area contributed by atoms with Gasteiger partial charge in [-0.05, 0) is 61.0 Å². The molecule has 0 unspecified atom stereocenters. The predicted molar refractivity (Wildman–Crippen MR) is 138 cm³/mol. The molecular formula is C29H41N3O5. The molecule has 8 heteroatoms. The van der Waals surface area contributed by atoms with E-state index in [1.54, 1.807) is 6.20 Å². The molecule has 0 saturated heterocycles. The van der Waals surface area contributed by atoms with Crippen LogP contribution >= 0.6 is 0 Å². The van der Waals surface area contributed by atoms with Crippen molar-refractivity contribution in [1.29, 1.82) is 0 Å². The molecule has 0 bridgehead atoms. The fourth-order valence-electron chi connectivity index (χ4n) is 7.74. The minimum absolute atomic E-state index is 0.253. The van der Waals surface area contributed by atoms with Gasteiger partial charge < -0.3 is 14.0 Å². The van der Waals surface area contributed by atoms with Crippen molar-refractivity contribution in [2.24, 2.45) is 22.7 Å². The fraction of sp³-hybridized carbons (Fsp3) is 0.690. The van der Waals surface area contributed by atoms with Gasteiger partial charge in [-0.1, -0.05) is 25.8 Å². The number of ether oxygens (including phenoxy) is 2. The zero-order chi connectivity index (χ0) is 26.2. The number of hydroxylamine groups is 1. The van der Waals surface area contributed by atoms with E-state index in [9.17, 15) is 9.59 Å². The largest absolute Gasteiger partial charge is 0.462 e. The van der Waals surface area contributed by atoms with Gasteiger partial charge in [-0.25, -0.2) is 4.98 Å². The summed E-state index contributed by atoms with van der Waals surface area (Å²) in [6.07, 6.45) is 15.1. The van der Waals surface area contributed by atoms with E-state index < -0.39 is 0 Å². The highest BCUT2D eigenvalue weighted by Crippen LogP contribution is 2.64. The molecule has 202 valence electrons. The van der Waals surface area contributed by atoms with Gasteiger partial charge in [0, 0.05) is 51.0 Å². The van der Waals surface area contributed by atoms with Crippen molar-refractivity contribution in [1.82, 2.24) is 15.0 Å². The van der Waals surface area contributed by atoms with Crippen LogP contribution in [0.15, 0.2) is 41.6 Å². The average molecular weight is 512 g/mol. The van der Waals surface area contributed by atoms with Crippen molar-refractivity contribution in [3.63, 3.8) is 0 Å². The topological polar surface area (TPSA) is 91.7 Å². The van der Waals surface area contributed by atoms with Crippen LogP contribution in [0.2, 0.25) is 0 Å². The zero-order valence-corrected chi connectivity index (χ0v) is 22.6. The monoisotopic (exact) mass is 511 g/mol. The van der Waals surface area contributed by atoms with Crippen molar-refractivity contribution < 1.29 is 23.9 Å². The first kappa shape index (κ1) is 26.0. The van der Waals surface area contributed by atoms with Crippen molar-refractivity contribution in [3.8, 4) is 0 Å². The van der Waals surface area contributed by atoms with Crippen LogP contribution in [0.25, 0.3) is 0 Å². The van der Waals surface area contributed by atoms with Gasteiger partial charge in [0.05, 0.1) is 18.6 Å². The standard InChI is InChI=1S/C29H41N3O5/c1-19(33)36-22-15-21-16-25(31-35-14-6-12-32-13-11-30-18-32)27-23-7-5-9-28(23,3)10-8-24(27)29(21,4)26(17-22)37-20(2)34/h11,13,16,18,22-24,26,31H,5-10,12,14-15,17H2,1-4H3/t22-,23+,24+,26-,28+,29+/m1/s1. The number of aryl methyl sites for hydroxylation is 1. The molecule has 4 aliphatic carbocycles. The first-order valence-electron chi connectivity index (χ1n) is 13.8. The maximum atomic E-state index is 12.2. The van der Waals surface area contributed by atoms with Gasteiger partial charge in [0.2, 0.25) is 0 Å². The number of carbonyl (C=O) groups is 2. The molecule has 1 aromatic rings. The Morgan fingerprint density at radius 2 is 1.95 bits per heavy atom. The van der Waals surface area contributed by atoms with Crippen LogP contribution in [0, 0.1) is 22.7 Å². The fourth-order valence-corrected chi connectivity index (χ4v) is 7.74. The second kappa shape index (κ2) is 10.3. The molecule has 0 amide bonds. The van der Waals surface area contributed by atoms with Crippen LogP contribution in [0.1, 0.15) is 79.1 Å². The van der Waals surface area contributed by atoms with Crippen LogP contribution in [0.4, 0.5) is 0 Å².